The van der Waals surface area contributed by atoms with Crippen molar-refractivity contribution in [3.63, 3.8) is 0 Å². The van der Waals surface area contributed by atoms with Crippen LogP contribution in [0.25, 0.3) is 16.9 Å². The van der Waals surface area contributed by atoms with E-state index < -0.39 is 0 Å². The minimum Gasteiger partial charge on any atom is -0.351 e. The van der Waals surface area contributed by atoms with Crippen molar-refractivity contribution in [3.8, 4) is 16.9 Å². The van der Waals surface area contributed by atoms with Gasteiger partial charge in [0.05, 0.1) is 11.3 Å². The molecule has 4 rings (SSSR count). The molecule has 0 aliphatic heterocycles. The maximum Gasteiger partial charge on any atom is 0.255 e. The molecule has 0 unspecified atom stereocenters. The van der Waals surface area contributed by atoms with Crippen LogP contribution in [0.3, 0.4) is 0 Å². The Morgan fingerprint density at radius 3 is 2.44 bits per heavy atom. The number of benzene rings is 2. The van der Waals surface area contributed by atoms with Gasteiger partial charge in [-0.3, -0.25) is 4.79 Å². The number of hydrogen-bond donors (Lipinski definition) is 1. The van der Waals surface area contributed by atoms with Crippen LogP contribution < -0.4 is 5.32 Å². The first kappa shape index (κ1) is 17.5. The van der Waals surface area contributed by atoms with Crippen LogP contribution >= 0.6 is 0 Å². The average Bonchev–Trinajstić information content (AvgIpc) is 3.47. The van der Waals surface area contributed by atoms with E-state index in [-0.39, 0.29) is 5.91 Å². The van der Waals surface area contributed by atoms with E-state index in [4.69, 9.17) is 5.10 Å². The van der Waals surface area contributed by atoms with Gasteiger partial charge in [0.25, 0.3) is 5.91 Å². The lowest BCUT2D eigenvalue weighted by Gasteiger charge is -2.15. The second kappa shape index (κ2) is 7.76. The van der Waals surface area contributed by atoms with Crippen molar-refractivity contribution in [2.45, 2.75) is 18.9 Å². The molecule has 27 heavy (non-hydrogen) atoms. The number of nitrogens with one attached hydrogen (secondary N) is 1. The van der Waals surface area contributed by atoms with Crippen molar-refractivity contribution >= 4 is 5.91 Å². The molecule has 1 fully saturated rings. The molecule has 0 atom stereocenters. The average molecular weight is 360 g/mol. The van der Waals surface area contributed by atoms with Crippen molar-refractivity contribution in [1.82, 2.24) is 20.0 Å². The summed E-state index contributed by atoms with van der Waals surface area (Å²) in [5, 5.41) is 7.75. The summed E-state index contributed by atoms with van der Waals surface area (Å²) in [4.78, 5) is 15.2. The van der Waals surface area contributed by atoms with Crippen molar-refractivity contribution < 1.29 is 4.79 Å². The molecule has 0 spiro atoms. The molecule has 1 amide bonds. The molecule has 1 aromatic heterocycles. The fraction of sp³-hybridized carbons (Fsp3) is 0.273. The van der Waals surface area contributed by atoms with Crippen molar-refractivity contribution in [3.05, 3.63) is 72.4 Å². The molecule has 1 aliphatic rings. The molecular formula is C22H24N4O. The smallest absolute Gasteiger partial charge is 0.255 e. The fourth-order valence-corrected chi connectivity index (χ4v) is 3.20. The Bertz CT molecular complexity index is 901. The molecule has 0 bridgehead atoms. The Labute approximate surface area is 159 Å². The molecule has 5 nitrogen and oxygen atoms in total. The molecule has 3 aromatic rings. The largest absolute Gasteiger partial charge is 0.351 e. The zero-order valence-electron chi connectivity index (χ0n) is 15.5. The molecule has 1 aliphatic carbocycles. The molecule has 0 saturated heterocycles. The summed E-state index contributed by atoms with van der Waals surface area (Å²) in [5.74, 6) is -0.0831. The van der Waals surface area contributed by atoms with Gasteiger partial charge in [0.1, 0.15) is 5.69 Å². The molecule has 138 valence electrons. The van der Waals surface area contributed by atoms with E-state index >= 15 is 0 Å². The highest BCUT2D eigenvalue weighted by Crippen LogP contribution is 2.25. The molecular weight excluding hydrogens is 336 g/mol. The Hall–Kier alpha value is -2.92. The molecule has 0 radical (unpaired) electrons. The zero-order chi connectivity index (χ0) is 18.6. The number of aromatic nitrogens is 2. The minimum absolute atomic E-state index is 0.0831. The lowest BCUT2D eigenvalue weighted by Crippen LogP contribution is -2.34. The summed E-state index contributed by atoms with van der Waals surface area (Å²) >= 11 is 0. The van der Waals surface area contributed by atoms with Crippen LogP contribution in [0.15, 0.2) is 66.9 Å². The van der Waals surface area contributed by atoms with Gasteiger partial charge in [-0.25, -0.2) is 4.68 Å². The van der Waals surface area contributed by atoms with E-state index in [1.165, 1.54) is 12.8 Å². The maximum absolute atomic E-state index is 12.9. The van der Waals surface area contributed by atoms with Crippen LogP contribution in [0.1, 0.15) is 23.2 Å². The Morgan fingerprint density at radius 1 is 1.11 bits per heavy atom. The number of carbonyl (C=O) groups is 1. The van der Waals surface area contributed by atoms with Gasteiger partial charge < -0.3 is 10.2 Å². The molecule has 1 heterocycles. The summed E-state index contributed by atoms with van der Waals surface area (Å²) in [6.45, 7) is 1.50. The SMILES string of the molecule is CN(CCNC(=O)c1cn(-c2ccccc2)nc1-c1ccccc1)C1CC1. The maximum atomic E-state index is 12.9. The first-order chi connectivity index (χ1) is 13.2. The third kappa shape index (κ3) is 4.09. The normalized spacial score (nSPS) is 13.7. The highest BCUT2D eigenvalue weighted by Gasteiger charge is 2.25. The van der Waals surface area contributed by atoms with Crippen molar-refractivity contribution in [2.75, 3.05) is 20.1 Å². The van der Waals surface area contributed by atoms with Crippen LogP contribution in [0.4, 0.5) is 0 Å². The number of carbonyl (C=O) groups excluding carboxylic acids is 1. The van der Waals surface area contributed by atoms with E-state index in [1.807, 2.05) is 66.9 Å². The number of rotatable bonds is 7. The minimum atomic E-state index is -0.0831. The Kier molecular flexibility index (Phi) is 5.03. The summed E-state index contributed by atoms with van der Waals surface area (Å²) < 4.78 is 1.77. The van der Waals surface area contributed by atoms with Crippen LogP contribution in [0, 0.1) is 0 Å². The fourth-order valence-electron chi connectivity index (χ4n) is 3.20. The van der Waals surface area contributed by atoms with Crippen LogP contribution in [0.2, 0.25) is 0 Å². The molecule has 1 N–H and O–H groups in total. The lowest BCUT2D eigenvalue weighted by atomic mass is 10.1. The Balaban J connectivity index is 1.57. The zero-order valence-corrected chi connectivity index (χ0v) is 15.5. The van der Waals surface area contributed by atoms with Gasteiger partial charge in [0, 0.05) is 30.9 Å². The van der Waals surface area contributed by atoms with Gasteiger partial charge >= 0.3 is 0 Å². The molecule has 1 saturated carbocycles. The molecule has 2 aromatic carbocycles. The monoisotopic (exact) mass is 360 g/mol. The predicted octanol–water partition coefficient (Wildman–Crippen LogP) is 3.36. The van der Waals surface area contributed by atoms with Crippen LogP contribution in [-0.2, 0) is 0 Å². The highest BCUT2D eigenvalue weighted by molar-refractivity contribution is 5.99. The summed E-state index contributed by atoms with van der Waals surface area (Å²) in [6.07, 6.45) is 4.36. The molecule has 5 heteroatoms. The van der Waals surface area contributed by atoms with E-state index in [2.05, 4.69) is 17.3 Å². The second-order valence-electron chi connectivity index (χ2n) is 7.01. The van der Waals surface area contributed by atoms with Crippen molar-refractivity contribution in [1.29, 1.82) is 0 Å². The van der Waals surface area contributed by atoms with Crippen molar-refractivity contribution in [2.24, 2.45) is 0 Å². The van der Waals surface area contributed by atoms with Crippen LogP contribution in [-0.4, -0.2) is 46.8 Å². The standard InChI is InChI=1S/C22H24N4O/c1-25(18-12-13-18)15-14-23-22(27)20-16-26(19-10-6-3-7-11-19)24-21(20)17-8-4-2-5-9-17/h2-11,16,18H,12-15H2,1H3,(H,23,27). The summed E-state index contributed by atoms with van der Waals surface area (Å²) in [6, 6.07) is 20.4. The quantitative estimate of drug-likeness (QED) is 0.703. The number of hydrogen-bond acceptors (Lipinski definition) is 3. The summed E-state index contributed by atoms with van der Waals surface area (Å²) in [5.41, 5.74) is 3.17. The third-order valence-electron chi connectivity index (χ3n) is 4.95. The van der Waals surface area contributed by atoms with Crippen LogP contribution in [0.5, 0.6) is 0 Å². The third-order valence-corrected chi connectivity index (χ3v) is 4.95. The first-order valence-corrected chi connectivity index (χ1v) is 9.41. The summed E-state index contributed by atoms with van der Waals surface area (Å²) in [7, 11) is 2.12. The first-order valence-electron chi connectivity index (χ1n) is 9.41. The van der Waals surface area contributed by atoms with Gasteiger partial charge in [0.15, 0.2) is 0 Å². The highest BCUT2D eigenvalue weighted by atomic mass is 16.1. The van der Waals surface area contributed by atoms with Gasteiger partial charge in [-0.15, -0.1) is 0 Å². The van der Waals surface area contributed by atoms with Gasteiger partial charge in [-0.2, -0.15) is 5.10 Å². The van der Waals surface area contributed by atoms with E-state index in [0.717, 1.165) is 17.8 Å². The predicted molar refractivity (Wildman–Crippen MR) is 107 cm³/mol. The number of nitrogens with zero attached hydrogens (tertiary/aromatic N) is 3. The van der Waals surface area contributed by atoms with Gasteiger partial charge in [0.2, 0.25) is 0 Å². The van der Waals surface area contributed by atoms with Gasteiger partial charge in [-0.05, 0) is 32.0 Å². The van der Waals surface area contributed by atoms with E-state index in [0.29, 0.717) is 23.8 Å². The lowest BCUT2D eigenvalue weighted by molar-refractivity contribution is 0.0950. The van der Waals surface area contributed by atoms with E-state index in [9.17, 15) is 4.79 Å². The number of amides is 1. The Morgan fingerprint density at radius 2 is 1.78 bits per heavy atom. The van der Waals surface area contributed by atoms with E-state index in [1.54, 1.807) is 4.68 Å². The van der Waals surface area contributed by atoms with Gasteiger partial charge in [-0.1, -0.05) is 48.5 Å². The number of likely N-dealkylation sites (N-methyl/N-ethyl adjacent to an activating group) is 1. The number of para-hydroxylation sites is 1. The second-order valence-corrected chi connectivity index (χ2v) is 7.01. The topological polar surface area (TPSA) is 50.2 Å².